The summed E-state index contributed by atoms with van der Waals surface area (Å²) in [5, 5.41) is 0. The van der Waals surface area contributed by atoms with E-state index in [0.29, 0.717) is 6.54 Å². The molecule has 0 spiro atoms. The van der Waals surface area contributed by atoms with Gasteiger partial charge in [0.25, 0.3) is 0 Å². The van der Waals surface area contributed by atoms with Crippen LogP contribution >= 0.6 is 15.9 Å². The Hall–Kier alpha value is -0.170. The molecule has 3 atom stereocenters. The highest BCUT2D eigenvalue weighted by Gasteiger charge is 2.34. The Morgan fingerprint density at radius 1 is 1.31 bits per heavy atom. The molecular formula is C10H18BrNO4. The highest BCUT2D eigenvalue weighted by Crippen LogP contribution is 2.17. The molecule has 1 heterocycles. The molecule has 0 radical (unpaired) electrons. The summed E-state index contributed by atoms with van der Waals surface area (Å²) >= 11 is 3.30. The minimum atomic E-state index is -0.300. The third kappa shape index (κ3) is 3.41. The van der Waals surface area contributed by atoms with Crippen LogP contribution in [0, 0.1) is 0 Å². The van der Waals surface area contributed by atoms with E-state index in [1.165, 1.54) is 7.11 Å². The second-order valence-electron chi connectivity index (χ2n) is 3.76. The molecule has 16 heavy (non-hydrogen) atoms. The molecule has 0 aromatic heterocycles. The number of rotatable bonds is 5. The molecule has 5 nitrogen and oxygen atoms in total. The predicted molar refractivity (Wildman–Crippen MR) is 62.8 cm³/mol. The molecular weight excluding hydrogens is 278 g/mol. The van der Waals surface area contributed by atoms with Gasteiger partial charge in [0, 0.05) is 33.9 Å². The van der Waals surface area contributed by atoms with Crippen LogP contribution in [0.15, 0.2) is 0 Å². The molecule has 1 fully saturated rings. The van der Waals surface area contributed by atoms with E-state index >= 15 is 0 Å². The van der Waals surface area contributed by atoms with Crippen LogP contribution in [0.2, 0.25) is 0 Å². The zero-order valence-electron chi connectivity index (χ0n) is 9.81. The van der Waals surface area contributed by atoms with Crippen LogP contribution in [-0.4, -0.2) is 68.9 Å². The van der Waals surface area contributed by atoms with Crippen molar-refractivity contribution >= 4 is 21.9 Å². The van der Waals surface area contributed by atoms with Crippen molar-refractivity contribution in [2.45, 2.75) is 17.0 Å². The Labute approximate surface area is 104 Å². The van der Waals surface area contributed by atoms with Gasteiger partial charge in [0.1, 0.15) is 4.83 Å². The molecule has 1 aliphatic rings. The number of esters is 1. The monoisotopic (exact) mass is 295 g/mol. The Kier molecular flexibility index (Phi) is 5.68. The molecule has 0 N–H and O–H groups in total. The van der Waals surface area contributed by atoms with Crippen molar-refractivity contribution in [3.8, 4) is 0 Å². The highest BCUT2D eigenvalue weighted by atomic mass is 79.9. The van der Waals surface area contributed by atoms with Crippen molar-refractivity contribution in [2.24, 2.45) is 0 Å². The lowest BCUT2D eigenvalue weighted by Gasteiger charge is -2.17. The van der Waals surface area contributed by atoms with Crippen molar-refractivity contribution < 1.29 is 19.0 Å². The number of alkyl halides is 1. The van der Waals surface area contributed by atoms with E-state index < -0.39 is 0 Å². The Balaban J connectivity index is 2.43. The molecule has 94 valence electrons. The summed E-state index contributed by atoms with van der Waals surface area (Å²) < 4.78 is 15.3. The topological polar surface area (TPSA) is 48.0 Å². The third-order valence-corrected chi connectivity index (χ3v) is 3.44. The van der Waals surface area contributed by atoms with E-state index in [1.807, 2.05) is 0 Å². The molecule has 1 saturated heterocycles. The molecule has 0 aliphatic carbocycles. The number of nitrogens with zero attached hydrogens (tertiary/aromatic N) is 1. The number of carbonyl (C=O) groups is 1. The van der Waals surface area contributed by atoms with Crippen molar-refractivity contribution in [2.75, 3.05) is 41.0 Å². The first-order chi connectivity index (χ1) is 7.62. The zero-order valence-corrected chi connectivity index (χ0v) is 11.4. The standard InChI is InChI=1S/C10H18BrNO4/c1-14-8-5-12(6-9(8)15-2)4-7(11)10(13)16-3/h7-9H,4-6H2,1-3H3. The summed E-state index contributed by atoms with van der Waals surface area (Å²) in [5.74, 6) is -0.255. The number of carbonyl (C=O) groups excluding carboxylic acids is 1. The van der Waals surface area contributed by atoms with Gasteiger partial charge in [-0.2, -0.15) is 0 Å². The third-order valence-electron chi connectivity index (χ3n) is 2.77. The fourth-order valence-electron chi connectivity index (χ4n) is 1.85. The molecule has 6 heteroatoms. The number of likely N-dealkylation sites (tertiary alicyclic amines) is 1. The second kappa shape index (κ2) is 6.54. The first kappa shape index (κ1) is 13.9. The van der Waals surface area contributed by atoms with Gasteiger partial charge in [0.2, 0.25) is 0 Å². The van der Waals surface area contributed by atoms with E-state index in [4.69, 9.17) is 9.47 Å². The number of hydrogen-bond donors (Lipinski definition) is 0. The number of hydrogen-bond acceptors (Lipinski definition) is 5. The van der Waals surface area contributed by atoms with Crippen LogP contribution in [0.4, 0.5) is 0 Å². The van der Waals surface area contributed by atoms with E-state index in [9.17, 15) is 4.79 Å². The molecule has 0 amide bonds. The lowest BCUT2D eigenvalue weighted by molar-refractivity contribution is -0.140. The SMILES string of the molecule is COC(=O)C(Br)CN1CC(OC)C(OC)C1. The van der Waals surface area contributed by atoms with E-state index in [1.54, 1.807) is 14.2 Å². The minimum absolute atomic E-state index is 0.0716. The van der Waals surface area contributed by atoms with Crippen LogP contribution in [0.3, 0.4) is 0 Å². The van der Waals surface area contributed by atoms with Gasteiger partial charge in [-0.25, -0.2) is 0 Å². The van der Waals surface area contributed by atoms with Gasteiger partial charge in [0.05, 0.1) is 19.3 Å². The van der Waals surface area contributed by atoms with Crippen LogP contribution in [-0.2, 0) is 19.0 Å². The van der Waals surface area contributed by atoms with Crippen molar-refractivity contribution in [3.05, 3.63) is 0 Å². The second-order valence-corrected chi connectivity index (χ2v) is 4.86. The lowest BCUT2D eigenvalue weighted by atomic mass is 10.3. The van der Waals surface area contributed by atoms with Gasteiger partial charge >= 0.3 is 5.97 Å². The first-order valence-electron chi connectivity index (χ1n) is 5.12. The molecule has 0 saturated carbocycles. The summed E-state index contributed by atoms with van der Waals surface area (Å²) in [7, 11) is 4.73. The minimum Gasteiger partial charge on any atom is -0.468 e. The largest absolute Gasteiger partial charge is 0.468 e. The van der Waals surface area contributed by atoms with E-state index in [0.717, 1.165) is 13.1 Å². The fourth-order valence-corrected chi connectivity index (χ4v) is 2.45. The van der Waals surface area contributed by atoms with E-state index in [2.05, 4.69) is 25.6 Å². The summed E-state index contributed by atoms with van der Waals surface area (Å²) in [6.07, 6.45) is 0.143. The quantitative estimate of drug-likeness (QED) is 0.538. The predicted octanol–water partition coefficient (Wildman–Crippen LogP) is 0.268. The maximum absolute atomic E-state index is 11.2. The first-order valence-corrected chi connectivity index (χ1v) is 6.03. The normalized spacial score (nSPS) is 28.0. The molecule has 3 unspecified atom stereocenters. The van der Waals surface area contributed by atoms with Crippen LogP contribution in [0.5, 0.6) is 0 Å². The maximum Gasteiger partial charge on any atom is 0.320 e. The van der Waals surface area contributed by atoms with Gasteiger partial charge in [-0.05, 0) is 0 Å². The van der Waals surface area contributed by atoms with Crippen molar-refractivity contribution in [3.63, 3.8) is 0 Å². The van der Waals surface area contributed by atoms with Crippen molar-refractivity contribution in [1.82, 2.24) is 4.90 Å². The smallest absolute Gasteiger partial charge is 0.320 e. The zero-order chi connectivity index (χ0) is 12.1. The summed E-state index contributed by atoms with van der Waals surface area (Å²) in [4.78, 5) is 13.1. The van der Waals surface area contributed by atoms with Gasteiger partial charge in [0.15, 0.2) is 0 Å². The van der Waals surface area contributed by atoms with Crippen molar-refractivity contribution in [1.29, 1.82) is 0 Å². The molecule has 1 rings (SSSR count). The highest BCUT2D eigenvalue weighted by molar-refractivity contribution is 9.10. The molecule has 1 aliphatic heterocycles. The summed E-state index contributed by atoms with van der Waals surface area (Å²) in [5.41, 5.74) is 0. The lowest BCUT2D eigenvalue weighted by Crippen LogP contribution is -2.33. The fraction of sp³-hybridized carbons (Fsp3) is 0.900. The van der Waals surface area contributed by atoms with Gasteiger partial charge in [-0.1, -0.05) is 15.9 Å². The van der Waals surface area contributed by atoms with Crippen LogP contribution < -0.4 is 0 Å². The Bertz CT molecular complexity index is 227. The number of ether oxygens (including phenoxy) is 3. The number of methoxy groups -OCH3 is 3. The summed E-state index contributed by atoms with van der Waals surface area (Å²) in [6.45, 7) is 2.15. The van der Waals surface area contributed by atoms with Gasteiger partial charge in [-0.3, -0.25) is 9.69 Å². The van der Waals surface area contributed by atoms with Crippen LogP contribution in [0.1, 0.15) is 0 Å². The molecule has 0 aromatic carbocycles. The molecule has 0 aromatic rings. The molecule has 0 bridgehead atoms. The average molecular weight is 296 g/mol. The maximum atomic E-state index is 11.2. The van der Waals surface area contributed by atoms with Crippen LogP contribution in [0.25, 0.3) is 0 Å². The average Bonchev–Trinajstić information content (AvgIpc) is 2.69. The Morgan fingerprint density at radius 3 is 2.19 bits per heavy atom. The summed E-state index contributed by atoms with van der Waals surface area (Å²) in [6, 6.07) is 0. The van der Waals surface area contributed by atoms with E-state index in [-0.39, 0.29) is 23.0 Å². The Morgan fingerprint density at radius 2 is 1.81 bits per heavy atom. The number of halogens is 1. The van der Waals surface area contributed by atoms with Gasteiger partial charge in [-0.15, -0.1) is 0 Å². The van der Waals surface area contributed by atoms with Gasteiger partial charge < -0.3 is 14.2 Å².